The van der Waals surface area contributed by atoms with E-state index in [9.17, 15) is 13.2 Å². The van der Waals surface area contributed by atoms with Gasteiger partial charge in [0.05, 0.1) is 25.2 Å². The van der Waals surface area contributed by atoms with Crippen molar-refractivity contribution in [1.29, 1.82) is 0 Å². The lowest BCUT2D eigenvalue weighted by Gasteiger charge is -2.16. The molecule has 0 saturated heterocycles. The van der Waals surface area contributed by atoms with E-state index in [0.717, 1.165) is 11.1 Å². The Kier molecular flexibility index (Phi) is 6.45. The van der Waals surface area contributed by atoms with Gasteiger partial charge in [0.25, 0.3) is 0 Å². The average molecular weight is 392 g/mol. The molecule has 0 aromatic heterocycles. The first-order valence-electron chi connectivity index (χ1n) is 8.30. The molecule has 2 aromatic rings. The molecule has 0 fully saturated rings. The fourth-order valence-electron chi connectivity index (χ4n) is 2.53. The third kappa shape index (κ3) is 4.99. The number of sulfonamides is 1. The Hall–Kier alpha value is -2.58. The Bertz CT molecular complexity index is 941. The number of amides is 1. The van der Waals surface area contributed by atoms with E-state index >= 15 is 0 Å². The highest BCUT2D eigenvalue weighted by Crippen LogP contribution is 2.29. The number of hydrogen-bond acceptors (Lipinski definition) is 5. The zero-order valence-electron chi connectivity index (χ0n) is 16.0. The number of ether oxygens (including phenoxy) is 2. The summed E-state index contributed by atoms with van der Waals surface area (Å²) in [4.78, 5) is 12.4. The lowest BCUT2D eigenvalue weighted by Crippen LogP contribution is -2.41. The van der Waals surface area contributed by atoms with Crippen molar-refractivity contribution in [3.05, 3.63) is 47.5 Å². The zero-order valence-corrected chi connectivity index (χ0v) is 16.8. The summed E-state index contributed by atoms with van der Waals surface area (Å²) in [6.07, 6.45) is 0. The number of rotatable bonds is 7. The summed E-state index contributed by atoms with van der Waals surface area (Å²) in [6.45, 7) is 5.32. The van der Waals surface area contributed by atoms with Crippen molar-refractivity contribution in [3.63, 3.8) is 0 Å². The molecule has 2 rings (SSSR count). The second kappa shape index (κ2) is 8.41. The highest BCUT2D eigenvalue weighted by atomic mass is 32.2. The lowest BCUT2D eigenvalue weighted by atomic mass is 10.1. The number of aryl methyl sites for hydroxylation is 2. The van der Waals surface area contributed by atoms with Crippen molar-refractivity contribution in [3.8, 4) is 11.5 Å². The summed E-state index contributed by atoms with van der Waals surface area (Å²) in [6, 6.07) is 8.86. The van der Waals surface area contributed by atoms with Crippen molar-refractivity contribution in [1.82, 2.24) is 4.72 Å². The van der Waals surface area contributed by atoms with Crippen LogP contribution in [0.15, 0.2) is 41.3 Å². The normalized spacial score (nSPS) is 12.3. The molecule has 8 heteroatoms. The van der Waals surface area contributed by atoms with Crippen molar-refractivity contribution in [2.75, 3.05) is 19.5 Å². The maximum Gasteiger partial charge on any atom is 0.242 e. The molecule has 27 heavy (non-hydrogen) atoms. The van der Waals surface area contributed by atoms with Gasteiger partial charge in [0.2, 0.25) is 15.9 Å². The molecule has 1 atom stereocenters. The molecule has 0 radical (unpaired) electrons. The maximum atomic E-state index is 12.6. The smallest absolute Gasteiger partial charge is 0.242 e. The molecule has 7 nitrogen and oxygen atoms in total. The minimum absolute atomic E-state index is 0.0219. The monoisotopic (exact) mass is 392 g/mol. The van der Waals surface area contributed by atoms with E-state index in [1.165, 1.54) is 39.3 Å². The lowest BCUT2D eigenvalue weighted by molar-refractivity contribution is -0.117. The van der Waals surface area contributed by atoms with Crippen LogP contribution in [0.25, 0.3) is 0 Å². The molecule has 146 valence electrons. The predicted octanol–water partition coefficient (Wildman–Crippen LogP) is 2.63. The average Bonchev–Trinajstić information content (AvgIpc) is 2.62. The van der Waals surface area contributed by atoms with Crippen molar-refractivity contribution < 1.29 is 22.7 Å². The molecule has 0 aliphatic heterocycles. The van der Waals surface area contributed by atoms with E-state index in [1.54, 1.807) is 6.07 Å². The summed E-state index contributed by atoms with van der Waals surface area (Å²) in [5, 5.41) is 2.74. The van der Waals surface area contributed by atoms with E-state index in [-0.39, 0.29) is 10.6 Å². The number of nitrogens with one attached hydrogen (secondary N) is 2. The van der Waals surface area contributed by atoms with Gasteiger partial charge in [-0.25, -0.2) is 8.42 Å². The fraction of sp³-hybridized carbons (Fsp3) is 0.316. The van der Waals surface area contributed by atoms with Crippen molar-refractivity contribution >= 4 is 21.6 Å². The van der Waals surface area contributed by atoms with Crippen LogP contribution in [0.1, 0.15) is 18.1 Å². The number of carbonyl (C=O) groups is 1. The first kappa shape index (κ1) is 20.7. The number of methoxy groups -OCH3 is 2. The third-order valence-corrected chi connectivity index (χ3v) is 5.57. The molecule has 0 aliphatic rings. The number of carbonyl (C=O) groups excluding carboxylic acids is 1. The van der Waals surface area contributed by atoms with Crippen LogP contribution in [0, 0.1) is 13.8 Å². The number of benzene rings is 2. The van der Waals surface area contributed by atoms with Gasteiger partial charge in [-0.15, -0.1) is 0 Å². The Balaban J connectivity index is 2.15. The Labute approximate surface area is 159 Å². The van der Waals surface area contributed by atoms with Gasteiger partial charge in [-0.2, -0.15) is 4.72 Å². The van der Waals surface area contributed by atoms with Crippen molar-refractivity contribution in [2.45, 2.75) is 31.7 Å². The summed E-state index contributed by atoms with van der Waals surface area (Å²) < 4.78 is 37.8. The minimum Gasteiger partial charge on any atom is -0.493 e. The van der Waals surface area contributed by atoms with Crippen LogP contribution in [-0.4, -0.2) is 34.6 Å². The van der Waals surface area contributed by atoms with Gasteiger partial charge in [0.15, 0.2) is 11.5 Å². The summed E-state index contributed by atoms with van der Waals surface area (Å²) in [5.41, 5.74) is 2.62. The Morgan fingerprint density at radius 3 is 2.26 bits per heavy atom. The second-order valence-corrected chi connectivity index (χ2v) is 7.88. The first-order chi connectivity index (χ1) is 12.7. The molecule has 0 bridgehead atoms. The first-order valence-corrected chi connectivity index (χ1v) is 9.78. The van der Waals surface area contributed by atoms with Gasteiger partial charge >= 0.3 is 0 Å². The van der Waals surface area contributed by atoms with E-state index in [4.69, 9.17) is 9.47 Å². The standard InChI is InChI=1S/C19H24N2O5S/c1-12-6-8-16(13(2)10-12)20-19(22)14(3)21-27(23,24)15-7-9-17(25-4)18(11-15)26-5/h6-11,14,21H,1-5H3,(H,20,22). The molecular formula is C19H24N2O5S. The largest absolute Gasteiger partial charge is 0.493 e. The van der Waals surface area contributed by atoms with Gasteiger partial charge in [-0.3, -0.25) is 4.79 Å². The second-order valence-electron chi connectivity index (χ2n) is 6.17. The van der Waals surface area contributed by atoms with E-state index in [2.05, 4.69) is 10.0 Å². The maximum absolute atomic E-state index is 12.6. The van der Waals surface area contributed by atoms with E-state index in [1.807, 2.05) is 26.0 Å². The van der Waals surface area contributed by atoms with Gasteiger partial charge in [0, 0.05) is 11.8 Å². The molecular weight excluding hydrogens is 368 g/mol. The summed E-state index contributed by atoms with van der Waals surface area (Å²) in [7, 11) is -1.04. The topological polar surface area (TPSA) is 93.7 Å². The van der Waals surface area contributed by atoms with Crippen LogP contribution in [0.5, 0.6) is 11.5 Å². The summed E-state index contributed by atoms with van der Waals surface area (Å²) >= 11 is 0. The highest BCUT2D eigenvalue weighted by molar-refractivity contribution is 7.89. The Morgan fingerprint density at radius 2 is 1.67 bits per heavy atom. The van der Waals surface area contributed by atoms with E-state index < -0.39 is 22.0 Å². The third-order valence-electron chi connectivity index (χ3n) is 4.03. The number of hydrogen-bond donors (Lipinski definition) is 2. The van der Waals surface area contributed by atoms with Crippen LogP contribution in [-0.2, 0) is 14.8 Å². The molecule has 2 aromatic carbocycles. The molecule has 1 unspecified atom stereocenters. The van der Waals surface area contributed by atoms with Crippen LogP contribution >= 0.6 is 0 Å². The summed E-state index contributed by atoms with van der Waals surface area (Å²) in [5.74, 6) is 0.246. The molecule has 0 saturated carbocycles. The molecule has 1 amide bonds. The minimum atomic E-state index is -3.92. The van der Waals surface area contributed by atoms with Gasteiger partial charge in [-0.1, -0.05) is 17.7 Å². The molecule has 0 heterocycles. The van der Waals surface area contributed by atoms with Crippen LogP contribution < -0.4 is 19.5 Å². The van der Waals surface area contributed by atoms with Gasteiger partial charge in [-0.05, 0) is 44.5 Å². The SMILES string of the molecule is COc1ccc(S(=O)(=O)NC(C)C(=O)Nc2ccc(C)cc2C)cc1OC. The molecule has 0 spiro atoms. The van der Waals surface area contributed by atoms with Crippen LogP contribution in [0.2, 0.25) is 0 Å². The number of anilines is 1. The quantitative estimate of drug-likeness (QED) is 0.755. The van der Waals surface area contributed by atoms with E-state index in [0.29, 0.717) is 11.4 Å². The van der Waals surface area contributed by atoms with Gasteiger partial charge < -0.3 is 14.8 Å². The zero-order chi connectivity index (χ0) is 20.2. The Morgan fingerprint density at radius 1 is 1.00 bits per heavy atom. The van der Waals surface area contributed by atoms with Gasteiger partial charge in [0.1, 0.15) is 0 Å². The predicted molar refractivity (Wildman–Crippen MR) is 104 cm³/mol. The fourth-order valence-corrected chi connectivity index (χ4v) is 3.75. The van der Waals surface area contributed by atoms with Crippen LogP contribution in [0.4, 0.5) is 5.69 Å². The van der Waals surface area contributed by atoms with Crippen LogP contribution in [0.3, 0.4) is 0 Å². The molecule has 0 aliphatic carbocycles. The molecule has 2 N–H and O–H groups in total. The highest BCUT2D eigenvalue weighted by Gasteiger charge is 2.23. The van der Waals surface area contributed by atoms with Crippen molar-refractivity contribution in [2.24, 2.45) is 0 Å².